The fraction of sp³-hybridized carbons (Fsp3) is 0.136. The molecule has 0 spiro atoms. The highest BCUT2D eigenvalue weighted by molar-refractivity contribution is 7.17. The number of hydrogen-bond donors (Lipinski definition) is 1. The second kappa shape index (κ2) is 8.57. The Morgan fingerprint density at radius 2 is 1.94 bits per heavy atom. The van der Waals surface area contributed by atoms with E-state index >= 15 is 0 Å². The van der Waals surface area contributed by atoms with E-state index in [2.05, 4.69) is 10.3 Å². The summed E-state index contributed by atoms with van der Waals surface area (Å²) in [4.78, 5) is 29.8. The molecule has 0 bridgehead atoms. The summed E-state index contributed by atoms with van der Waals surface area (Å²) in [6.07, 6.45) is 1.34. The maximum Gasteiger partial charge on any atom is 0.271 e. The maximum absolute atomic E-state index is 13.2. The van der Waals surface area contributed by atoms with Crippen molar-refractivity contribution in [1.82, 2.24) is 9.55 Å². The second-order valence-corrected chi connectivity index (χ2v) is 7.51. The standard InChI is InChI=1S/C22H18FN3O4S/c1-29-15-7-8-17(18(9-15)30-2)25-19(27)10-26-12-24-20-16(11-31-21(20)22(26)28)13-3-5-14(23)6-4-13/h3-9,11-12H,10H2,1-2H3,(H,25,27). The highest BCUT2D eigenvalue weighted by atomic mass is 32.1. The number of thiophene rings is 1. The number of aromatic nitrogens is 2. The van der Waals surface area contributed by atoms with E-state index < -0.39 is 5.91 Å². The maximum atomic E-state index is 13.2. The third kappa shape index (κ3) is 4.13. The lowest BCUT2D eigenvalue weighted by Gasteiger charge is -2.12. The van der Waals surface area contributed by atoms with Gasteiger partial charge < -0.3 is 14.8 Å². The third-order valence-corrected chi connectivity index (χ3v) is 5.66. The molecule has 0 fully saturated rings. The molecule has 7 nitrogen and oxygen atoms in total. The van der Waals surface area contributed by atoms with Gasteiger partial charge in [-0.15, -0.1) is 11.3 Å². The van der Waals surface area contributed by atoms with Crippen LogP contribution in [0.3, 0.4) is 0 Å². The first-order chi connectivity index (χ1) is 15.0. The van der Waals surface area contributed by atoms with Crippen molar-refractivity contribution in [3.8, 4) is 22.6 Å². The fourth-order valence-corrected chi connectivity index (χ4v) is 4.11. The first-order valence-corrected chi connectivity index (χ1v) is 10.1. The van der Waals surface area contributed by atoms with Gasteiger partial charge >= 0.3 is 0 Å². The molecule has 31 heavy (non-hydrogen) atoms. The van der Waals surface area contributed by atoms with Crippen LogP contribution < -0.4 is 20.3 Å². The number of carbonyl (C=O) groups excluding carboxylic acids is 1. The highest BCUT2D eigenvalue weighted by Gasteiger charge is 2.15. The van der Waals surface area contributed by atoms with Gasteiger partial charge in [-0.1, -0.05) is 12.1 Å². The van der Waals surface area contributed by atoms with Gasteiger partial charge in [0.05, 0.1) is 31.8 Å². The number of halogens is 1. The first-order valence-electron chi connectivity index (χ1n) is 9.24. The monoisotopic (exact) mass is 439 g/mol. The lowest BCUT2D eigenvalue weighted by atomic mass is 10.1. The van der Waals surface area contributed by atoms with Crippen LogP contribution in [0.5, 0.6) is 11.5 Å². The van der Waals surface area contributed by atoms with Crippen molar-refractivity contribution in [2.45, 2.75) is 6.54 Å². The second-order valence-electron chi connectivity index (χ2n) is 6.63. The Kier molecular flexibility index (Phi) is 5.68. The molecule has 2 aromatic heterocycles. The van der Waals surface area contributed by atoms with E-state index in [0.29, 0.717) is 27.4 Å². The van der Waals surface area contributed by atoms with Crippen LogP contribution in [-0.2, 0) is 11.3 Å². The van der Waals surface area contributed by atoms with E-state index in [9.17, 15) is 14.0 Å². The summed E-state index contributed by atoms with van der Waals surface area (Å²) in [6, 6.07) is 11.0. The molecule has 0 saturated carbocycles. The summed E-state index contributed by atoms with van der Waals surface area (Å²) < 4.78 is 25.3. The SMILES string of the molecule is COc1ccc(NC(=O)Cn2cnc3c(-c4ccc(F)cc4)csc3c2=O)c(OC)c1. The molecule has 4 rings (SSSR count). The first kappa shape index (κ1) is 20.5. The number of carbonyl (C=O) groups is 1. The summed E-state index contributed by atoms with van der Waals surface area (Å²) >= 11 is 1.24. The van der Waals surface area contributed by atoms with Crippen molar-refractivity contribution in [3.63, 3.8) is 0 Å². The molecule has 0 saturated heterocycles. The van der Waals surface area contributed by atoms with Crippen molar-refractivity contribution in [2.75, 3.05) is 19.5 Å². The fourth-order valence-electron chi connectivity index (χ4n) is 3.14. The lowest BCUT2D eigenvalue weighted by molar-refractivity contribution is -0.116. The summed E-state index contributed by atoms with van der Waals surface area (Å²) in [7, 11) is 3.02. The van der Waals surface area contributed by atoms with Gasteiger partial charge in [0.25, 0.3) is 5.56 Å². The van der Waals surface area contributed by atoms with E-state index in [1.807, 2.05) is 0 Å². The molecule has 2 heterocycles. The van der Waals surface area contributed by atoms with E-state index in [4.69, 9.17) is 9.47 Å². The molecule has 4 aromatic rings. The molecule has 1 N–H and O–H groups in total. The largest absolute Gasteiger partial charge is 0.497 e. The van der Waals surface area contributed by atoms with Crippen LogP contribution in [0, 0.1) is 5.82 Å². The average molecular weight is 439 g/mol. The number of rotatable bonds is 6. The van der Waals surface area contributed by atoms with E-state index in [0.717, 1.165) is 11.1 Å². The Balaban J connectivity index is 1.58. The third-order valence-electron chi connectivity index (χ3n) is 4.70. The normalized spacial score (nSPS) is 10.8. The number of nitrogens with one attached hydrogen (secondary N) is 1. The molecule has 0 unspecified atom stereocenters. The van der Waals surface area contributed by atoms with Crippen molar-refractivity contribution in [3.05, 3.63) is 70.3 Å². The number of ether oxygens (including phenoxy) is 2. The van der Waals surface area contributed by atoms with Gasteiger partial charge in [0, 0.05) is 17.0 Å². The number of fused-ring (bicyclic) bond motifs is 1. The van der Waals surface area contributed by atoms with E-state index in [-0.39, 0.29) is 17.9 Å². The Labute approximate surface area is 180 Å². The highest BCUT2D eigenvalue weighted by Crippen LogP contribution is 2.31. The minimum atomic E-state index is -0.401. The van der Waals surface area contributed by atoms with Crippen LogP contribution in [0.1, 0.15) is 0 Å². The molecular weight excluding hydrogens is 421 g/mol. The van der Waals surface area contributed by atoms with Gasteiger partial charge in [-0.25, -0.2) is 9.37 Å². The number of amides is 1. The Bertz CT molecular complexity index is 1310. The van der Waals surface area contributed by atoms with Crippen LogP contribution >= 0.6 is 11.3 Å². The Hall–Kier alpha value is -3.72. The molecule has 2 aromatic carbocycles. The van der Waals surface area contributed by atoms with E-state index in [1.54, 1.807) is 35.7 Å². The van der Waals surface area contributed by atoms with Crippen LogP contribution in [-0.4, -0.2) is 29.7 Å². The van der Waals surface area contributed by atoms with Crippen molar-refractivity contribution in [2.24, 2.45) is 0 Å². The van der Waals surface area contributed by atoms with Crippen molar-refractivity contribution in [1.29, 1.82) is 0 Å². The smallest absolute Gasteiger partial charge is 0.271 e. The number of methoxy groups -OCH3 is 2. The number of benzene rings is 2. The molecule has 1 amide bonds. The molecule has 0 radical (unpaired) electrons. The van der Waals surface area contributed by atoms with Crippen molar-refractivity contribution >= 4 is 33.1 Å². The van der Waals surface area contributed by atoms with Crippen LogP contribution in [0.25, 0.3) is 21.3 Å². The van der Waals surface area contributed by atoms with Crippen LogP contribution in [0.15, 0.2) is 59.0 Å². The summed E-state index contributed by atoms with van der Waals surface area (Å²) in [5.41, 5.74) is 2.18. The van der Waals surface area contributed by atoms with Crippen LogP contribution in [0.2, 0.25) is 0 Å². The molecule has 0 aliphatic heterocycles. The summed E-state index contributed by atoms with van der Waals surface area (Å²) in [6.45, 7) is -0.208. The van der Waals surface area contributed by atoms with Gasteiger partial charge in [-0.2, -0.15) is 0 Å². The zero-order chi connectivity index (χ0) is 22.0. The lowest BCUT2D eigenvalue weighted by Crippen LogP contribution is -2.27. The van der Waals surface area contributed by atoms with Crippen LogP contribution in [0.4, 0.5) is 10.1 Å². The molecular formula is C22H18FN3O4S. The number of anilines is 1. The predicted octanol–water partition coefficient (Wildman–Crippen LogP) is 3.92. The zero-order valence-corrected chi connectivity index (χ0v) is 17.5. The van der Waals surface area contributed by atoms with Crippen molar-refractivity contribution < 1.29 is 18.7 Å². The van der Waals surface area contributed by atoms with E-state index in [1.165, 1.54) is 48.6 Å². The van der Waals surface area contributed by atoms with Gasteiger partial charge in [0.15, 0.2) is 0 Å². The van der Waals surface area contributed by atoms with Gasteiger partial charge in [0.2, 0.25) is 5.91 Å². The average Bonchev–Trinajstić information content (AvgIpc) is 3.21. The Morgan fingerprint density at radius 1 is 1.16 bits per heavy atom. The topological polar surface area (TPSA) is 82.5 Å². The molecule has 0 aliphatic rings. The van der Waals surface area contributed by atoms with Gasteiger partial charge in [-0.3, -0.25) is 14.2 Å². The summed E-state index contributed by atoms with van der Waals surface area (Å²) in [5, 5.41) is 4.54. The minimum absolute atomic E-state index is 0.208. The molecule has 0 atom stereocenters. The molecule has 0 aliphatic carbocycles. The molecule has 9 heteroatoms. The number of nitrogens with zero attached hydrogens (tertiary/aromatic N) is 2. The van der Waals surface area contributed by atoms with Gasteiger partial charge in [-0.05, 0) is 29.8 Å². The predicted molar refractivity (Wildman–Crippen MR) is 117 cm³/mol. The van der Waals surface area contributed by atoms with Gasteiger partial charge in [0.1, 0.15) is 28.6 Å². The number of hydrogen-bond acceptors (Lipinski definition) is 6. The summed E-state index contributed by atoms with van der Waals surface area (Å²) in [5.74, 6) is 0.298. The zero-order valence-electron chi connectivity index (χ0n) is 16.7. The minimum Gasteiger partial charge on any atom is -0.497 e. The quantitative estimate of drug-likeness (QED) is 0.492. The molecule has 158 valence electrons. The Morgan fingerprint density at radius 3 is 2.65 bits per heavy atom.